The van der Waals surface area contributed by atoms with Gasteiger partial charge >= 0.3 is 0 Å². The maximum Gasteiger partial charge on any atom is 0.267 e. The third-order valence-corrected chi connectivity index (χ3v) is 7.06. The van der Waals surface area contributed by atoms with Gasteiger partial charge in [0.1, 0.15) is 6.07 Å². The van der Waals surface area contributed by atoms with Crippen LogP contribution in [0.25, 0.3) is 6.08 Å². The SMILES string of the molecule is CCOc1cc(/C=C2\SC(=Nc3ccccc3)N([C@H]3CCCC[C@@H]3C)C2=O)ccc1OCC#N. The quantitative estimate of drug-likeness (QED) is 0.448. The smallest absolute Gasteiger partial charge is 0.267 e. The van der Waals surface area contributed by atoms with Gasteiger partial charge in [0.2, 0.25) is 0 Å². The second-order valence-corrected chi connectivity index (χ2v) is 9.44. The summed E-state index contributed by atoms with van der Waals surface area (Å²) in [6, 6.07) is 17.4. The van der Waals surface area contributed by atoms with Gasteiger partial charge in [-0.2, -0.15) is 5.26 Å². The molecule has 176 valence electrons. The molecule has 1 aliphatic carbocycles. The van der Waals surface area contributed by atoms with E-state index in [4.69, 9.17) is 19.7 Å². The van der Waals surface area contributed by atoms with Crippen LogP contribution in [0.2, 0.25) is 0 Å². The number of amides is 1. The Morgan fingerprint density at radius 1 is 1.15 bits per heavy atom. The summed E-state index contributed by atoms with van der Waals surface area (Å²) in [4.78, 5) is 21.1. The monoisotopic (exact) mass is 475 g/mol. The number of hydrogen-bond acceptors (Lipinski definition) is 6. The predicted octanol–water partition coefficient (Wildman–Crippen LogP) is 6.17. The molecular formula is C27H29N3O3S. The Hall–Kier alpha value is -3.24. The second-order valence-electron chi connectivity index (χ2n) is 8.43. The van der Waals surface area contributed by atoms with Gasteiger partial charge in [-0.3, -0.25) is 9.69 Å². The largest absolute Gasteiger partial charge is 0.490 e. The molecule has 0 aromatic heterocycles. The summed E-state index contributed by atoms with van der Waals surface area (Å²) in [5, 5.41) is 9.56. The number of aliphatic imine (C=N–C) groups is 1. The van der Waals surface area contributed by atoms with Gasteiger partial charge in [0.05, 0.1) is 17.2 Å². The van der Waals surface area contributed by atoms with Crippen molar-refractivity contribution >= 4 is 34.6 Å². The first-order valence-electron chi connectivity index (χ1n) is 11.7. The number of nitriles is 1. The number of nitrogens with zero attached hydrogens (tertiary/aromatic N) is 3. The topological polar surface area (TPSA) is 74.9 Å². The van der Waals surface area contributed by atoms with E-state index < -0.39 is 0 Å². The number of benzene rings is 2. The van der Waals surface area contributed by atoms with Crippen LogP contribution in [-0.4, -0.2) is 35.2 Å². The fraction of sp³-hybridized carbons (Fsp3) is 0.370. The number of hydrogen-bond donors (Lipinski definition) is 0. The minimum atomic E-state index is -0.0529. The number of para-hydroxylation sites is 1. The lowest BCUT2D eigenvalue weighted by molar-refractivity contribution is -0.124. The van der Waals surface area contributed by atoms with Gasteiger partial charge in [-0.15, -0.1) is 0 Å². The Morgan fingerprint density at radius 3 is 2.68 bits per heavy atom. The zero-order valence-corrected chi connectivity index (χ0v) is 20.4. The molecule has 2 aliphatic rings. The molecular weight excluding hydrogens is 446 g/mol. The molecule has 1 amide bonds. The third kappa shape index (κ3) is 5.45. The lowest BCUT2D eigenvalue weighted by Crippen LogP contribution is -2.44. The fourth-order valence-corrected chi connectivity index (χ4v) is 5.46. The first kappa shape index (κ1) is 23.9. The van der Waals surface area contributed by atoms with Crippen molar-refractivity contribution in [2.75, 3.05) is 13.2 Å². The summed E-state index contributed by atoms with van der Waals surface area (Å²) in [5.41, 5.74) is 1.67. The summed E-state index contributed by atoms with van der Waals surface area (Å²) in [6.45, 7) is 4.55. The lowest BCUT2D eigenvalue weighted by atomic mass is 9.85. The van der Waals surface area contributed by atoms with Gasteiger partial charge < -0.3 is 9.47 Å². The summed E-state index contributed by atoms with van der Waals surface area (Å²) < 4.78 is 11.2. The van der Waals surface area contributed by atoms with Gasteiger partial charge in [-0.1, -0.05) is 44.0 Å². The summed E-state index contributed by atoms with van der Waals surface area (Å²) in [7, 11) is 0. The molecule has 7 heteroatoms. The van der Waals surface area contributed by atoms with Crippen LogP contribution in [0, 0.1) is 17.2 Å². The van der Waals surface area contributed by atoms with Crippen molar-refractivity contribution in [1.29, 1.82) is 5.26 Å². The Bertz CT molecular complexity index is 1120. The summed E-state index contributed by atoms with van der Waals surface area (Å²) >= 11 is 1.42. The molecule has 2 aromatic carbocycles. The Labute approximate surface area is 205 Å². The summed E-state index contributed by atoms with van der Waals surface area (Å²) in [5.74, 6) is 1.50. The molecule has 1 saturated heterocycles. The van der Waals surface area contributed by atoms with E-state index in [0.29, 0.717) is 28.9 Å². The molecule has 0 bridgehead atoms. The maximum absolute atomic E-state index is 13.6. The molecule has 0 spiro atoms. The van der Waals surface area contributed by atoms with Gasteiger partial charge in [0.25, 0.3) is 5.91 Å². The molecule has 1 heterocycles. The van der Waals surface area contributed by atoms with E-state index in [1.54, 1.807) is 6.07 Å². The molecule has 0 radical (unpaired) electrons. The number of ether oxygens (including phenoxy) is 2. The van der Waals surface area contributed by atoms with Crippen LogP contribution >= 0.6 is 11.8 Å². The average molecular weight is 476 g/mol. The molecule has 0 unspecified atom stereocenters. The van der Waals surface area contributed by atoms with Crippen molar-refractivity contribution in [2.24, 2.45) is 10.9 Å². The van der Waals surface area contributed by atoms with Crippen molar-refractivity contribution in [3.8, 4) is 17.6 Å². The third-order valence-electron chi connectivity index (χ3n) is 6.07. The number of rotatable bonds is 7. The first-order valence-corrected chi connectivity index (χ1v) is 12.6. The minimum Gasteiger partial charge on any atom is -0.490 e. The van der Waals surface area contributed by atoms with Gasteiger partial charge in [0, 0.05) is 6.04 Å². The molecule has 1 aliphatic heterocycles. The Kier molecular flexibility index (Phi) is 7.91. The molecule has 2 fully saturated rings. The maximum atomic E-state index is 13.6. The van der Waals surface area contributed by atoms with Crippen LogP contribution in [0.1, 0.15) is 45.1 Å². The van der Waals surface area contributed by atoms with E-state index in [1.165, 1.54) is 18.2 Å². The number of thioether (sulfide) groups is 1. The fourth-order valence-electron chi connectivity index (χ4n) is 4.41. The van der Waals surface area contributed by atoms with Crippen LogP contribution in [0.3, 0.4) is 0 Å². The number of carbonyl (C=O) groups excluding carboxylic acids is 1. The van der Waals surface area contributed by atoms with Crippen LogP contribution in [0.5, 0.6) is 11.5 Å². The Balaban J connectivity index is 1.68. The van der Waals surface area contributed by atoms with Crippen LogP contribution in [0.15, 0.2) is 58.4 Å². The molecule has 0 N–H and O–H groups in total. The molecule has 34 heavy (non-hydrogen) atoms. The van der Waals surface area contributed by atoms with Crippen LogP contribution in [0.4, 0.5) is 5.69 Å². The summed E-state index contributed by atoms with van der Waals surface area (Å²) in [6.07, 6.45) is 6.34. The minimum absolute atomic E-state index is 0.00111. The molecule has 4 rings (SSSR count). The molecule has 2 atom stereocenters. The number of carbonyl (C=O) groups is 1. The average Bonchev–Trinajstić information content (AvgIpc) is 3.14. The van der Waals surface area contributed by atoms with E-state index >= 15 is 0 Å². The standard InChI is InChI=1S/C27H29N3O3S/c1-3-32-24-17-20(13-14-23(24)33-16-15-28)18-25-26(31)30(22-12-8-7-9-19(22)2)27(34-25)29-21-10-5-4-6-11-21/h4-6,10-11,13-14,17-19,22H,3,7-9,12,16H2,1-2H3/b25-18-,29-27?/t19-,22-/m0/s1. The van der Waals surface area contributed by atoms with Crippen LogP contribution < -0.4 is 9.47 Å². The van der Waals surface area contributed by atoms with Crippen molar-refractivity contribution in [3.05, 3.63) is 59.0 Å². The van der Waals surface area contributed by atoms with E-state index in [-0.39, 0.29) is 18.6 Å². The second kappa shape index (κ2) is 11.3. The van der Waals surface area contributed by atoms with Gasteiger partial charge in [-0.25, -0.2) is 4.99 Å². The van der Waals surface area contributed by atoms with Crippen molar-refractivity contribution in [2.45, 2.75) is 45.6 Å². The zero-order chi connectivity index (χ0) is 23.9. The highest BCUT2D eigenvalue weighted by Crippen LogP contribution is 2.40. The van der Waals surface area contributed by atoms with Crippen molar-refractivity contribution in [3.63, 3.8) is 0 Å². The molecule has 1 saturated carbocycles. The first-order chi connectivity index (χ1) is 16.6. The van der Waals surface area contributed by atoms with Gasteiger partial charge in [-0.05, 0) is 73.4 Å². The van der Waals surface area contributed by atoms with Gasteiger partial charge in [0.15, 0.2) is 23.3 Å². The van der Waals surface area contributed by atoms with Crippen molar-refractivity contribution in [1.82, 2.24) is 4.90 Å². The highest BCUT2D eigenvalue weighted by atomic mass is 32.2. The van der Waals surface area contributed by atoms with E-state index in [2.05, 4.69) is 6.92 Å². The molecule has 6 nitrogen and oxygen atoms in total. The highest BCUT2D eigenvalue weighted by molar-refractivity contribution is 8.18. The predicted molar refractivity (Wildman–Crippen MR) is 136 cm³/mol. The van der Waals surface area contributed by atoms with E-state index in [0.717, 1.165) is 35.7 Å². The van der Waals surface area contributed by atoms with E-state index in [1.807, 2.05) is 66.4 Å². The van der Waals surface area contributed by atoms with E-state index in [9.17, 15) is 4.79 Å². The zero-order valence-electron chi connectivity index (χ0n) is 19.6. The van der Waals surface area contributed by atoms with Crippen LogP contribution in [-0.2, 0) is 4.79 Å². The van der Waals surface area contributed by atoms with Crippen molar-refractivity contribution < 1.29 is 14.3 Å². The lowest BCUT2D eigenvalue weighted by Gasteiger charge is -2.35. The Morgan fingerprint density at radius 2 is 1.94 bits per heavy atom. The normalized spacial score (nSPS) is 22.7. The molecule has 2 aromatic rings. The highest BCUT2D eigenvalue weighted by Gasteiger charge is 2.41. The number of amidine groups is 1.